The lowest BCUT2D eigenvalue weighted by Gasteiger charge is -2.25. The van der Waals surface area contributed by atoms with Crippen molar-refractivity contribution in [2.75, 3.05) is 20.3 Å². The second kappa shape index (κ2) is 10.8. The highest BCUT2D eigenvalue weighted by molar-refractivity contribution is 6.46. The summed E-state index contributed by atoms with van der Waals surface area (Å²) >= 11 is 0. The van der Waals surface area contributed by atoms with Crippen LogP contribution in [0.25, 0.3) is 5.76 Å². The SMILES string of the molecule is COCCN1C(=O)C(=O)/C(=C(/O)c2ccc(OCc3ccccc3)cc2)C1c1ccc([N+](=O)[O-])cc1. The number of benzene rings is 3. The Morgan fingerprint density at radius 2 is 1.67 bits per heavy atom. The number of amides is 1. The molecule has 0 radical (unpaired) electrons. The minimum absolute atomic E-state index is 0.0945. The summed E-state index contributed by atoms with van der Waals surface area (Å²) in [5, 5.41) is 22.2. The predicted molar refractivity (Wildman–Crippen MR) is 131 cm³/mol. The molecule has 4 rings (SSSR count). The smallest absolute Gasteiger partial charge is 0.295 e. The van der Waals surface area contributed by atoms with Crippen LogP contribution in [0.15, 0.2) is 84.4 Å². The lowest BCUT2D eigenvalue weighted by Crippen LogP contribution is -2.32. The van der Waals surface area contributed by atoms with Crippen LogP contribution < -0.4 is 4.74 Å². The molecule has 1 aliphatic rings. The molecule has 1 atom stereocenters. The fourth-order valence-corrected chi connectivity index (χ4v) is 4.03. The maximum Gasteiger partial charge on any atom is 0.295 e. The van der Waals surface area contributed by atoms with Crippen molar-refractivity contribution in [1.82, 2.24) is 4.90 Å². The Kier molecular flexibility index (Phi) is 7.41. The molecule has 1 saturated heterocycles. The zero-order chi connectivity index (χ0) is 25.7. The van der Waals surface area contributed by atoms with Crippen molar-refractivity contribution in [3.05, 3.63) is 111 Å². The lowest BCUT2D eigenvalue weighted by molar-refractivity contribution is -0.384. The van der Waals surface area contributed by atoms with Gasteiger partial charge < -0.3 is 19.5 Å². The second-order valence-electron chi connectivity index (χ2n) is 8.13. The summed E-state index contributed by atoms with van der Waals surface area (Å²) in [5.41, 5.74) is 1.57. The third-order valence-corrected chi connectivity index (χ3v) is 5.87. The number of hydrogen-bond donors (Lipinski definition) is 1. The monoisotopic (exact) mass is 488 g/mol. The van der Waals surface area contributed by atoms with Gasteiger partial charge in [-0.1, -0.05) is 30.3 Å². The molecule has 1 heterocycles. The van der Waals surface area contributed by atoms with E-state index in [2.05, 4.69) is 0 Å². The Hall–Kier alpha value is -4.50. The van der Waals surface area contributed by atoms with Gasteiger partial charge >= 0.3 is 0 Å². The zero-order valence-electron chi connectivity index (χ0n) is 19.5. The lowest BCUT2D eigenvalue weighted by atomic mass is 9.95. The van der Waals surface area contributed by atoms with E-state index in [0.29, 0.717) is 23.5 Å². The molecular weight excluding hydrogens is 464 g/mol. The predicted octanol–water partition coefficient (Wildman–Crippen LogP) is 4.24. The summed E-state index contributed by atoms with van der Waals surface area (Å²) < 4.78 is 10.9. The maximum absolute atomic E-state index is 13.0. The number of nitro benzene ring substituents is 1. The maximum atomic E-state index is 13.0. The van der Waals surface area contributed by atoms with Crippen LogP contribution in [-0.2, 0) is 20.9 Å². The fourth-order valence-electron chi connectivity index (χ4n) is 4.03. The molecule has 3 aromatic carbocycles. The first kappa shape index (κ1) is 24.6. The first-order valence-electron chi connectivity index (χ1n) is 11.2. The van der Waals surface area contributed by atoms with Crippen LogP contribution in [0.3, 0.4) is 0 Å². The van der Waals surface area contributed by atoms with Crippen LogP contribution in [-0.4, -0.2) is 46.9 Å². The van der Waals surface area contributed by atoms with Gasteiger partial charge in [-0.3, -0.25) is 19.7 Å². The number of likely N-dealkylation sites (tertiary alicyclic amines) is 1. The van der Waals surface area contributed by atoms with E-state index in [4.69, 9.17) is 9.47 Å². The number of Topliss-reactive ketones (excluding diaryl/α,β-unsaturated/α-hetero) is 1. The Labute approximate surface area is 207 Å². The summed E-state index contributed by atoms with van der Waals surface area (Å²) in [7, 11) is 1.47. The summed E-state index contributed by atoms with van der Waals surface area (Å²) in [6, 6.07) is 20.8. The molecular formula is C27H24N2O7. The zero-order valence-corrected chi connectivity index (χ0v) is 19.5. The van der Waals surface area contributed by atoms with Crippen LogP contribution in [0.5, 0.6) is 5.75 Å². The van der Waals surface area contributed by atoms with E-state index < -0.39 is 22.7 Å². The Morgan fingerprint density at radius 1 is 1.00 bits per heavy atom. The highest BCUT2D eigenvalue weighted by Gasteiger charge is 2.45. The minimum Gasteiger partial charge on any atom is -0.507 e. The van der Waals surface area contributed by atoms with Crippen LogP contribution in [0, 0.1) is 10.1 Å². The normalized spacial score (nSPS) is 16.8. The van der Waals surface area contributed by atoms with Gasteiger partial charge in [-0.05, 0) is 47.5 Å². The second-order valence-corrected chi connectivity index (χ2v) is 8.13. The number of ether oxygens (including phenoxy) is 2. The van der Waals surface area contributed by atoms with E-state index in [1.165, 1.54) is 36.3 Å². The molecule has 3 aromatic rings. The van der Waals surface area contributed by atoms with Gasteiger partial charge in [0.15, 0.2) is 0 Å². The van der Waals surface area contributed by atoms with E-state index in [9.17, 15) is 24.8 Å². The number of carbonyl (C=O) groups is 2. The van der Waals surface area contributed by atoms with Crippen molar-refractivity contribution in [2.24, 2.45) is 0 Å². The Morgan fingerprint density at radius 3 is 2.28 bits per heavy atom. The van der Waals surface area contributed by atoms with Crippen LogP contribution >= 0.6 is 0 Å². The highest BCUT2D eigenvalue weighted by atomic mass is 16.6. The number of aliphatic hydroxyl groups is 1. The van der Waals surface area contributed by atoms with Gasteiger partial charge in [0.25, 0.3) is 17.4 Å². The molecule has 1 amide bonds. The summed E-state index contributed by atoms with van der Waals surface area (Å²) in [6.45, 7) is 0.646. The number of methoxy groups -OCH3 is 1. The van der Waals surface area contributed by atoms with Crippen molar-refractivity contribution in [3.8, 4) is 5.75 Å². The molecule has 0 saturated carbocycles. The molecule has 1 aliphatic heterocycles. The molecule has 1 N–H and O–H groups in total. The van der Waals surface area contributed by atoms with Crippen molar-refractivity contribution in [1.29, 1.82) is 0 Å². The average molecular weight is 488 g/mol. The van der Waals surface area contributed by atoms with Gasteiger partial charge in [-0.15, -0.1) is 0 Å². The number of aliphatic hydroxyl groups excluding tert-OH is 1. The molecule has 36 heavy (non-hydrogen) atoms. The number of nitro groups is 1. The molecule has 0 aliphatic carbocycles. The largest absolute Gasteiger partial charge is 0.507 e. The third-order valence-electron chi connectivity index (χ3n) is 5.87. The van der Waals surface area contributed by atoms with Crippen molar-refractivity contribution in [3.63, 3.8) is 0 Å². The van der Waals surface area contributed by atoms with E-state index >= 15 is 0 Å². The van der Waals surface area contributed by atoms with Crippen molar-refractivity contribution < 1.29 is 29.1 Å². The summed E-state index contributed by atoms with van der Waals surface area (Å²) in [6.07, 6.45) is 0. The molecule has 1 unspecified atom stereocenters. The summed E-state index contributed by atoms with van der Waals surface area (Å²) in [5.74, 6) is -1.38. The number of hydrogen-bond acceptors (Lipinski definition) is 7. The topological polar surface area (TPSA) is 119 Å². The number of rotatable bonds is 9. The van der Waals surface area contributed by atoms with E-state index in [1.54, 1.807) is 24.3 Å². The van der Waals surface area contributed by atoms with Gasteiger partial charge in [-0.25, -0.2) is 0 Å². The average Bonchev–Trinajstić information content (AvgIpc) is 3.16. The van der Waals surface area contributed by atoms with Gasteiger partial charge in [-0.2, -0.15) is 0 Å². The molecule has 184 valence electrons. The molecule has 0 spiro atoms. The number of nitrogens with zero attached hydrogens (tertiary/aromatic N) is 2. The summed E-state index contributed by atoms with van der Waals surface area (Å²) in [4.78, 5) is 37.7. The van der Waals surface area contributed by atoms with Gasteiger partial charge in [0.1, 0.15) is 18.1 Å². The fraction of sp³-hybridized carbons (Fsp3) is 0.185. The highest BCUT2D eigenvalue weighted by Crippen LogP contribution is 2.39. The van der Waals surface area contributed by atoms with Gasteiger partial charge in [0, 0.05) is 31.4 Å². The third kappa shape index (κ3) is 5.11. The van der Waals surface area contributed by atoms with E-state index in [-0.39, 0.29) is 30.2 Å². The van der Waals surface area contributed by atoms with Crippen molar-refractivity contribution >= 4 is 23.1 Å². The molecule has 9 nitrogen and oxygen atoms in total. The van der Waals surface area contributed by atoms with Crippen molar-refractivity contribution in [2.45, 2.75) is 12.6 Å². The molecule has 0 bridgehead atoms. The molecule has 1 fully saturated rings. The van der Waals surface area contributed by atoms with Crippen LogP contribution in [0.2, 0.25) is 0 Å². The first-order chi connectivity index (χ1) is 17.4. The Bertz CT molecular complexity index is 1290. The van der Waals surface area contributed by atoms with Crippen LogP contribution in [0.1, 0.15) is 22.7 Å². The van der Waals surface area contributed by atoms with Gasteiger partial charge in [0.05, 0.1) is 23.1 Å². The standard InChI is InChI=1S/C27H24N2O7/c1-35-16-15-28-24(19-7-11-21(12-8-19)29(33)34)23(26(31)27(28)32)25(30)20-9-13-22(14-10-20)36-17-18-5-3-2-4-6-18/h2-14,24,30H,15-17H2,1H3/b25-23+. The number of ketones is 1. The minimum atomic E-state index is -0.921. The Balaban J connectivity index is 1.66. The number of non-ortho nitro benzene ring substituents is 1. The van der Waals surface area contributed by atoms with Gasteiger partial charge in [0.2, 0.25) is 0 Å². The first-order valence-corrected chi connectivity index (χ1v) is 11.2. The molecule has 9 heteroatoms. The quantitative estimate of drug-likeness (QED) is 0.157. The molecule has 0 aromatic heterocycles. The van der Waals surface area contributed by atoms with E-state index in [0.717, 1.165) is 5.56 Å². The number of carbonyl (C=O) groups excluding carboxylic acids is 2. The van der Waals surface area contributed by atoms with Crippen LogP contribution in [0.4, 0.5) is 5.69 Å². The van der Waals surface area contributed by atoms with E-state index in [1.807, 2.05) is 30.3 Å².